The third-order valence-electron chi connectivity index (χ3n) is 3.79. The van der Waals surface area contributed by atoms with E-state index in [1.54, 1.807) is 7.11 Å². The van der Waals surface area contributed by atoms with E-state index in [1.165, 1.54) is 32.2 Å². The summed E-state index contributed by atoms with van der Waals surface area (Å²) in [5.74, 6) is 0.731. The molecule has 0 aromatic heterocycles. The quantitative estimate of drug-likeness (QED) is 0.686. The van der Waals surface area contributed by atoms with Crippen LogP contribution < -0.4 is 5.32 Å². The Morgan fingerprint density at radius 1 is 1.33 bits per heavy atom. The summed E-state index contributed by atoms with van der Waals surface area (Å²) in [5, 5.41) is 3.73. The summed E-state index contributed by atoms with van der Waals surface area (Å²) in [6, 6.07) is 1.41. The van der Waals surface area contributed by atoms with E-state index in [-0.39, 0.29) is 0 Å². The maximum absolute atomic E-state index is 5.27. The molecule has 1 N–H and O–H groups in total. The molecule has 0 heterocycles. The van der Waals surface area contributed by atoms with Gasteiger partial charge in [0.25, 0.3) is 0 Å². The van der Waals surface area contributed by atoms with Crippen molar-refractivity contribution < 1.29 is 4.74 Å². The standard InChI is InChI=1S/C15H32N2O/c1-5-9-16-14-7-6-8-15(14)17(10-11-18-4)12-13(2)3/h13-16H,5-12H2,1-4H3. The third-order valence-corrected chi connectivity index (χ3v) is 3.79. The number of rotatable bonds is 9. The molecule has 0 aliphatic heterocycles. The number of hydrogen-bond acceptors (Lipinski definition) is 3. The highest BCUT2D eigenvalue weighted by Crippen LogP contribution is 2.25. The lowest BCUT2D eigenvalue weighted by molar-refractivity contribution is 0.100. The summed E-state index contributed by atoms with van der Waals surface area (Å²) >= 11 is 0. The molecule has 0 radical (unpaired) electrons. The van der Waals surface area contributed by atoms with Crippen molar-refractivity contribution in [3.05, 3.63) is 0 Å². The molecule has 2 unspecified atom stereocenters. The maximum atomic E-state index is 5.27. The highest BCUT2D eigenvalue weighted by atomic mass is 16.5. The van der Waals surface area contributed by atoms with Gasteiger partial charge in [0.05, 0.1) is 6.61 Å². The van der Waals surface area contributed by atoms with Gasteiger partial charge in [0, 0.05) is 32.3 Å². The van der Waals surface area contributed by atoms with Gasteiger partial charge in [0.2, 0.25) is 0 Å². The van der Waals surface area contributed by atoms with Gasteiger partial charge in [0.15, 0.2) is 0 Å². The van der Waals surface area contributed by atoms with Crippen LogP contribution in [0.3, 0.4) is 0 Å². The second-order valence-corrected chi connectivity index (χ2v) is 5.94. The Morgan fingerprint density at radius 3 is 2.72 bits per heavy atom. The van der Waals surface area contributed by atoms with Crippen molar-refractivity contribution in [2.75, 3.05) is 33.4 Å². The molecule has 0 aromatic carbocycles. The number of nitrogens with zero attached hydrogens (tertiary/aromatic N) is 1. The van der Waals surface area contributed by atoms with E-state index in [9.17, 15) is 0 Å². The molecule has 1 aliphatic rings. The van der Waals surface area contributed by atoms with Crippen molar-refractivity contribution in [1.29, 1.82) is 0 Å². The lowest BCUT2D eigenvalue weighted by Crippen LogP contribution is -2.49. The normalized spacial score (nSPS) is 24.3. The summed E-state index contributed by atoms with van der Waals surface area (Å²) in [6.07, 6.45) is 5.28. The summed E-state index contributed by atoms with van der Waals surface area (Å²) in [7, 11) is 1.80. The van der Waals surface area contributed by atoms with E-state index < -0.39 is 0 Å². The highest BCUT2D eigenvalue weighted by Gasteiger charge is 2.31. The van der Waals surface area contributed by atoms with Gasteiger partial charge < -0.3 is 10.1 Å². The van der Waals surface area contributed by atoms with E-state index in [0.717, 1.165) is 25.6 Å². The van der Waals surface area contributed by atoms with Crippen molar-refractivity contribution >= 4 is 0 Å². The largest absolute Gasteiger partial charge is 0.383 e. The molecule has 0 saturated heterocycles. The molecule has 1 rings (SSSR count). The van der Waals surface area contributed by atoms with Crippen LogP contribution in [0.5, 0.6) is 0 Å². The van der Waals surface area contributed by atoms with Gasteiger partial charge in [0.1, 0.15) is 0 Å². The van der Waals surface area contributed by atoms with Crippen LogP contribution in [0.25, 0.3) is 0 Å². The van der Waals surface area contributed by atoms with Crippen molar-refractivity contribution in [2.24, 2.45) is 5.92 Å². The Kier molecular flexibility index (Phi) is 7.87. The zero-order valence-electron chi connectivity index (χ0n) is 12.7. The SMILES string of the molecule is CCCNC1CCCC1N(CCOC)CC(C)C. The monoisotopic (exact) mass is 256 g/mol. The Balaban J connectivity index is 2.52. The number of ether oxygens (including phenoxy) is 1. The van der Waals surface area contributed by atoms with Crippen molar-refractivity contribution in [3.8, 4) is 0 Å². The first-order chi connectivity index (χ1) is 8.69. The van der Waals surface area contributed by atoms with Crippen molar-refractivity contribution in [1.82, 2.24) is 10.2 Å². The van der Waals surface area contributed by atoms with E-state index in [4.69, 9.17) is 4.74 Å². The predicted molar refractivity (Wildman–Crippen MR) is 78.0 cm³/mol. The Hall–Kier alpha value is -0.120. The number of hydrogen-bond donors (Lipinski definition) is 1. The minimum Gasteiger partial charge on any atom is -0.383 e. The molecule has 18 heavy (non-hydrogen) atoms. The molecular formula is C15H32N2O. The topological polar surface area (TPSA) is 24.5 Å². The highest BCUT2D eigenvalue weighted by molar-refractivity contribution is 4.90. The minimum absolute atomic E-state index is 0.695. The van der Waals surface area contributed by atoms with E-state index in [2.05, 4.69) is 31.0 Å². The molecular weight excluding hydrogens is 224 g/mol. The zero-order valence-corrected chi connectivity index (χ0v) is 12.7. The zero-order chi connectivity index (χ0) is 13.4. The fourth-order valence-corrected chi connectivity index (χ4v) is 3.02. The van der Waals surface area contributed by atoms with Crippen LogP contribution >= 0.6 is 0 Å². The van der Waals surface area contributed by atoms with Crippen LogP contribution in [0.1, 0.15) is 46.5 Å². The van der Waals surface area contributed by atoms with Crippen LogP contribution in [0.2, 0.25) is 0 Å². The molecule has 1 fully saturated rings. The van der Waals surface area contributed by atoms with Gasteiger partial charge in [-0.25, -0.2) is 0 Å². The van der Waals surface area contributed by atoms with Gasteiger partial charge in [-0.05, 0) is 31.7 Å². The smallest absolute Gasteiger partial charge is 0.0589 e. The second-order valence-electron chi connectivity index (χ2n) is 5.94. The second kappa shape index (κ2) is 8.89. The van der Waals surface area contributed by atoms with Gasteiger partial charge in [-0.15, -0.1) is 0 Å². The van der Waals surface area contributed by atoms with Gasteiger partial charge in [-0.2, -0.15) is 0 Å². The first kappa shape index (κ1) is 15.9. The van der Waals surface area contributed by atoms with Crippen LogP contribution in [0.4, 0.5) is 0 Å². The average molecular weight is 256 g/mol. The fraction of sp³-hybridized carbons (Fsp3) is 1.00. The lowest BCUT2D eigenvalue weighted by Gasteiger charge is -2.34. The number of methoxy groups -OCH3 is 1. The molecule has 0 bridgehead atoms. The van der Waals surface area contributed by atoms with Crippen molar-refractivity contribution in [3.63, 3.8) is 0 Å². The van der Waals surface area contributed by atoms with E-state index >= 15 is 0 Å². The minimum atomic E-state index is 0.695. The van der Waals surface area contributed by atoms with Gasteiger partial charge in [-0.1, -0.05) is 27.2 Å². The Morgan fingerprint density at radius 2 is 2.11 bits per heavy atom. The molecule has 3 nitrogen and oxygen atoms in total. The average Bonchev–Trinajstić information content (AvgIpc) is 2.79. The fourth-order valence-electron chi connectivity index (χ4n) is 3.02. The molecule has 0 amide bonds. The molecule has 108 valence electrons. The van der Waals surface area contributed by atoms with Crippen LogP contribution in [0, 0.1) is 5.92 Å². The summed E-state index contributed by atoms with van der Waals surface area (Å²) in [6.45, 7) is 11.1. The summed E-state index contributed by atoms with van der Waals surface area (Å²) < 4.78 is 5.27. The molecule has 3 heteroatoms. The van der Waals surface area contributed by atoms with Crippen LogP contribution in [-0.2, 0) is 4.74 Å². The van der Waals surface area contributed by atoms with E-state index in [1.807, 2.05) is 0 Å². The lowest BCUT2D eigenvalue weighted by atomic mass is 10.1. The summed E-state index contributed by atoms with van der Waals surface area (Å²) in [4.78, 5) is 2.65. The van der Waals surface area contributed by atoms with Crippen LogP contribution in [-0.4, -0.2) is 50.3 Å². The molecule has 0 spiro atoms. The van der Waals surface area contributed by atoms with Crippen LogP contribution in [0.15, 0.2) is 0 Å². The number of nitrogens with one attached hydrogen (secondary N) is 1. The first-order valence-electron chi connectivity index (χ1n) is 7.65. The first-order valence-corrected chi connectivity index (χ1v) is 7.65. The van der Waals surface area contributed by atoms with Gasteiger partial charge in [-0.3, -0.25) is 4.90 Å². The molecule has 1 aliphatic carbocycles. The Labute approximate surface area is 113 Å². The maximum Gasteiger partial charge on any atom is 0.0589 e. The van der Waals surface area contributed by atoms with E-state index in [0.29, 0.717) is 12.1 Å². The molecule has 2 atom stereocenters. The van der Waals surface area contributed by atoms with Crippen molar-refractivity contribution in [2.45, 2.75) is 58.5 Å². The van der Waals surface area contributed by atoms with Gasteiger partial charge >= 0.3 is 0 Å². The third kappa shape index (κ3) is 5.25. The summed E-state index contributed by atoms with van der Waals surface area (Å²) in [5.41, 5.74) is 0. The molecule has 1 saturated carbocycles. The Bertz CT molecular complexity index is 209. The molecule has 0 aromatic rings. The predicted octanol–water partition coefficient (Wildman–Crippen LogP) is 2.51.